The SMILES string of the molecule is Cc1nc2ccc([N+](=O)[O-])cc2c(=O)n1Cc1cccc([N+](=O)[O-])c1. The number of aromatic nitrogens is 2. The normalized spacial score (nSPS) is 10.8. The van der Waals surface area contributed by atoms with Gasteiger partial charge < -0.3 is 0 Å². The van der Waals surface area contributed by atoms with Gasteiger partial charge in [0.15, 0.2) is 0 Å². The van der Waals surface area contributed by atoms with Crippen molar-refractivity contribution in [2.45, 2.75) is 13.5 Å². The Morgan fingerprint density at radius 3 is 2.40 bits per heavy atom. The predicted octanol–water partition coefficient (Wildman–Crippen LogP) is 2.57. The Morgan fingerprint density at radius 1 is 1.04 bits per heavy atom. The summed E-state index contributed by atoms with van der Waals surface area (Å²) in [6.07, 6.45) is 0. The molecule has 0 saturated carbocycles. The van der Waals surface area contributed by atoms with Crippen LogP contribution in [-0.4, -0.2) is 19.4 Å². The van der Waals surface area contributed by atoms with Gasteiger partial charge in [0, 0.05) is 24.3 Å². The maximum atomic E-state index is 12.7. The van der Waals surface area contributed by atoms with E-state index in [1.165, 1.54) is 41.0 Å². The van der Waals surface area contributed by atoms with Crippen molar-refractivity contribution in [1.82, 2.24) is 9.55 Å². The molecule has 0 aliphatic carbocycles. The third kappa shape index (κ3) is 3.07. The van der Waals surface area contributed by atoms with E-state index < -0.39 is 15.4 Å². The molecule has 2 aromatic carbocycles. The number of fused-ring (bicyclic) bond motifs is 1. The number of hydrogen-bond donors (Lipinski definition) is 0. The van der Waals surface area contributed by atoms with E-state index in [0.29, 0.717) is 16.9 Å². The van der Waals surface area contributed by atoms with Crippen LogP contribution in [0.25, 0.3) is 10.9 Å². The standard InChI is InChI=1S/C16H12N4O5/c1-10-17-15-6-5-13(20(24)25)8-14(15)16(21)18(10)9-11-3-2-4-12(7-11)19(22)23/h2-8H,9H2,1H3. The van der Waals surface area contributed by atoms with Crippen LogP contribution in [0.5, 0.6) is 0 Å². The first-order valence-electron chi connectivity index (χ1n) is 7.26. The van der Waals surface area contributed by atoms with Crippen molar-refractivity contribution in [2.24, 2.45) is 0 Å². The zero-order valence-corrected chi connectivity index (χ0v) is 13.1. The van der Waals surface area contributed by atoms with Crippen molar-refractivity contribution < 1.29 is 9.85 Å². The van der Waals surface area contributed by atoms with E-state index in [9.17, 15) is 25.0 Å². The van der Waals surface area contributed by atoms with Crippen molar-refractivity contribution in [1.29, 1.82) is 0 Å². The van der Waals surface area contributed by atoms with Crippen LogP contribution in [0.15, 0.2) is 47.3 Å². The van der Waals surface area contributed by atoms with Crippen molar-refractivity contribution >= 4 is 22.3 Å². The molecule has 1 heterocycles. The molecule has 0 bridgehead atoms. The van der Waals surface area contributed by atoms with Crippen molar-refractivity contribution in [3.8, 4) is 0 Å². The Hall–Kier alpha value is -3.62. The number of nitrogens with zero attached hydrogens (tertiary/aromatic N) is 4. The summed E-state index contributed by atoms with van der Waals surface area (Å²) in [5.74, 6) is 0.415. The number of non-ortho nitro benzene ring substituents is 2. The smallest absolute Gasteiger partial charge is 0.270 e. The average Bonchev–Trinajstić information content (AvgIpc) is 2.58. The van der Waals surface area contributed by atoms with Gasteiger partial charge in [0.2, 0.25) is 0 Å². The molecule has 9 heteroatoms. The molecule has 9 nitrogen and oxygen atoms in total. The van der Waals surface area contributed by atoms with Crippen LogP contribution >= 0.6 is 0 Å². The summed E-state index contributed by atoms with van der Waals surface area (Å²) in [5.41, 5.74) is 0.219. The van der Waals surface area contributed by atoms with Gasteiger partial charge in [-0.25, -0.2) is 4.98 Å². The summed E-state index contributed by atoms with van der Waals surface area (Å²) in [7, 11) is 0. The maximum absolute atomic E-state index is 12.7. The first-order chi connectivity index (χ1) is 11.9. The fourth-order valence-corrected chi connectivity index (χ4v) is 2.57. The highest BCUT2D eigenvalue weighted by atomic mass is 16.6. The van der Waals surface area contributed by atoms with E-state index in [4.69, 9.17) is 0 Å². The predicted molar refractivity (Wildman–Crippen MR) is 89.6 cm³/mol. The summed E-state index contributed by atoms with van der Waals surface area (Å²) < 4.78 is 1.34. The van der Waals surface area contributed by atoms with Crippen molar-refractivity contribution in [3.05, 3.63) is 84.4 Å². The average molecular weight is 340 g/mol. The zero-order chi connectivity index (χ0) is 18.1. The van der Waals surface area contributed by atoms with Crippen LogP contribution in [0.4, 0.5) is 11.4 Å². The van der Waals surface area contributed by atoms with Gasteiger partial charge in [0.05, 0.1) is 27.3 Å². The Kier molecular flexibility index (Phi) is 3.97. The minimum Gasteiger partial charge on any atom is -0.292 e. The fourth-order valence-electron chi connectivity index (χ4n) is 2.57. The van der Waals surface area contributed by atoms with Crippen LogP contribution in [0.3, 0.4) is 0 Å². The summed E-state index contributed by atoms with van der Waals surface area (Å²) in [6.45, 7) is 1.72. The molecule has 0 N–H and O–H groups in total. The van der Waals surface area contributed by atoms with Gasteiger partial charge in [-0.15, -0.1) is 0 Å². The Labute approximate surface area is 140 Å². The molecular weight excluding hydrogens is 328 g/mol. The second-order valence-corrected chi connectivity index (χ2v) is 5.44. The Bertz CT molecular complexity index is 1070. The lowest BCUT2D eigenvalue weighted by molar-refractivity contribution is -0.385. The van der Waals surface area contributed by atoms with Gasteiger partial charge in [-0.05, 0) is 18.6 Å². The summed E-state index contributed by atoms with van der Waals surface area (Å²) in [5, 5.41) is 21.9. The van der Waals surface area contributed by atoms with Crippen molar-refractivity contribution in [3.63, 3.8) is 0 Å². The Balaban J connectivity index is 2.12. The number of benzene rings is 2. The van der Waals surface area contributed by atoms with E-state index in [1.807, 2.05) is 0 Å². The highest BCUT2D eigenvalue weighted by Gasteiger charge is 2.14. The second-order valence-electron chi connectivity index (χ2n) is 5.44. The monoisotopic (exact) mass is 340 g/mol. The number of nitro benzene ring substituents is 2. The number of aryl methyl sites for hydroxylation is 1. The number of nitro groups is 2. The minimum atomic E-state index is -0.580. The molecule has 0 fully saturated rings. The molecular formula is C16H12N4O5. The molecule has 0 unspecified atom stereocenters. The van der Waals surface area contributed by atoms with E-state index in [1.54, 1.807) is 13.0 Å². The van der Waals surface area contributed by atoms with Crippen LogP contribution in [0.1, 0.15) is 11.4 Å². The molecule has 126 valence electrons. The molecule has 0 amide bonds. The van der Waals surface area contributed by atoms with Crippen molar-refractivity contribution in [2.75, 3.05) is 0 Å². The largest absolute Gasteiger partial charge is 0.292 e. The maximum Gasteiger partial charge on any atom is 0.270 e. The first-order valence-corrected chi connectivity index (χ1v) is 7.26. The molecule has 3 aromatic rings. The molecule has 0 aliphatic heterocycles. The van der Waals surface area contributed by atoms with Gasteiger partial charge in [-0.2, -0.15) is 0 Å². The lowest BCUT2D eigenvalue weighted by Gasteiger charge is -2.10. The van der Waals surface area contributed by atoms with Gasteiger partial charge in [0.1, 0.15) is 5.82 Å². The lowest BCUT2D eigenvalue weighted by atomic mass is 10.2. The third-order valence-corrected chi connectivity index (χ3v) is 3.80. The van der Waals surface area contributed by atoms with E-state index in [0.717, 1.165) is 0 Å². The number of hydrogen-bond acceptors (Lipinski definition) is 6. The third-order valence-electron chi connectivity index (χ3n) is 3.80. The second kappa shape index (κ2) is 6.11. The topological polar surface area (TPSA) is 121 Å². The van der Waals surface area contributed by atoms with E-state index in [-0.39, 0.29) is 23.3 Å². The molecule has 25 heavy (non-hydrogen) atoms. The molecule has 0 saturated heterocycles. The lowest BCUT2D eigenvalue weighted by Crippen LogP contribution is -2.24. The fraction of sp³-hybridized carbons (Fsp3) is 0.125. The van der Waals surface area contributed by atoms with Crippen LogP contribution in [-0.2, 0) is 6.54 Å². The Morgan fingerprint density at radius 2 is 1.72 bits per heavy atom. The zero-order valence-electron chi connectivity index (χ0n) is 13.1. The summed E-state index contributed by atoms with van der Waals surface area (Å²) in [4.78, 5) is 37.7. The van der Waals surface area contributed by atoms with Gasteiger partial charge in [-0.3, -0.25) is 29.6 Å². The van der Waals surface area contributed by atoms with Gasteiger partial charge >= 0.3 is 0 Å². The van der Waals surface area contributed by atoms with Gasteiger partial charge in [0.25, 0.3) is 16.9 Å². The number of rotatable bonds is 4. The molecule has 0 radical (unpaired) electrons. The van der Waals surface area contributed by atoms with Gasteiger partial charge in [-0.1, -0.05) is 12.1 Å². The quantitative estimate of drug-likeness (QED) is 0.531. The minimum absolute atomic E-state index is 0.0763. The molecule has 3 rings (SSSR count). The highest BCUT2D eigenvalue weighted by Crippen LogP contribution is 2.18. The van der Waals surface area contributed by atoms with E-state index >= 15 is 0 Å². The molecule has 0 aliphatic rings. The highest BCUT2D eigenvalue weighted by molar-refractivity contribution is 5.80. The summed E-state index contributed by atoms with van der Waals surface area (Å²) in [6, 6.07) is 9.85. The first kappa shape index (κ1) is 16.2. The molecule has 0 spiro atoms. The van der Waals surface area contributed by atoms with E-state index in [2.05, 4.69) is 4.98 Å². The van der Waals surface area contributed by atoms with Crippen LogP contribution < -0.4 is 5.56 Å². The van der Waals surface area contributed by atoms with Crippen LogP contribution in [0, 0.1) is 27.2 Å². The molecule has 0 atom stereocenters. The van der Waals surface area contributed by atoms with Crippen LogP contribution in [0.2, 0.25) is 0 Å². The summed E-state index contributed by atoms with van der Waals surface area (Å²) >= 11 is 0. The molecule has 1 aromatic heterocycles.